The maximum atomic E-state index is 11.4. The van der Waals surface area contributed by atoms with Crippen LogP contribution in [0.1, 0.15) is 25.1 Å². The number of hydrogen-bond donors (Lipinski definition) is 0. The van der Waals surface area contributed by atoms with Crippen LogP contribution in [0.3, 0.4) is 0 Å². The topological polar surface area (TPSA) is 95.3 Å². The lowest BCUT2D eigenvalue weighted by atomic mass is 10.1. The Bertz CT molecular complexity index is 569. The van der Waals surface area contributed by atoms with Crippen molar-refractivity contribution >= 4 is 17.4 Å². The van der Waals surface area contributed by atoms with Crippen molar-refractivity contribution in [2.24, 2.45) is 10.3 Å². The third-order valence-corrected chi connectivity index (χ3v) is 2.69. The number of hydrogen-bond acceptors (Lipinski definition) is 8. The lowest BCUT2D eigenvalue weighted by Crippen LogP contribution is -2.11. The molecule has 0 unspecified atom stereocenters. The van der Waals surface area contributed by atoms with Gasteiger partial charge in [-0.25, -0.2) is 4.98 Å². The monoisotopic (exact) mass is 294 g/mol. The minimum Gasteiger partial charge on any atom is -0.469 e. The Kier molecular flexibility index (Phi) is 6.25. The Morgan fingerprint density at radius 2 is 1.86 bits per heavy atom. The second kappa shape index (κ2) is 7.93. The van der Waals surface area contributed by atoms with Gasteiger partial charge in [0.1, 0.15) is 24.9 Å². The molecule has 0 aliphatic carbocycles. The Balaban J connectivity index is 2.98. The molecule has 1 rings (SSSR count). The van der Waals surface area contributed by atoms with Gasteiger partial charge in [0.2, 0.25) is 0 Å². The first kappa shape index (κ1) is 16.5. The summed E-state index contributed by atoms with van der Waals surface area (Å²) < 4.78 is 4.64. The van der Waals surface area contributed by atoms with E-state index >= 15 is 0 Å². The lowest BCUT2D eigenvalue weighted by molar-refractivity contribution is -0.139. The molecule has 0 amide bonds. The summed E-state index contributed by atoms with van der Waals surface area (Å²) in [5, 5.41) is 7.65. The van der Waals surface area contributed by atoms with Gasteiger partial charge in [0.05, 0.1) is 13.5 Å². The van der Waals surface area contributed by atoms with Crippen molar-refractivity contribution in [2.75, 3.05) is 14.2 Å². The van der Waals surface area contributed by atoms with E-state index in [4.69, 9.17) is 4.84 Å². The van der Waals surface area contributed by atoms with Crippen molar-refractivity contribution in [1.29, 1.82) is 0 Å². The Morgan fingerprint density at radius 1 is 1.19 bits per heavy atom. The van der Waals surface area contributed by atoms with Crippen molar-refractivity contribution in [3.05, 3.63) is 17.6 Å². The fourth-order valence-corrected chi connectivity index (χ4v) is 1.36. The molecule has 0 atom stereocenters. The molecule has 0 saturated heterocycles. The number of methoxy groups -OCH3 is 1. The summed E-state index contributed by atoms with van der Waals surface area (Å²) in [6.45, 7) is 5.19. The number of nitrogens with zero attached hydrogens (tertiary/aromatic N) is 4. The van der Waals surface area contributed by atoms with Crippen molar-refractivity contribution in [2.45, 2.75) is 27.2 Å². The van der Waals surface area contributed by atoms with E-state index in [0.717, 1.165) is 0 Å². The molecule has 0 saturated carbocycles. The number of esters is 1. The highest BCUT2D eigenvalue weighted by Crippen LogP contribution is 2.18. The van der Waals surface area contributed by atoms with Gasteiger partial charge in [-0.05, 0) is 20.8 Å². The predicted octanol–water partition coefficient (Wildman–Crippen LogP) is 1.28. The fraction of sp³-hybridized carbons (Fsp3) is 0.462. The second-order valence-corrected chi connectivity index (χ2v) is 4.12. The van der Waals surface area contributed by atoms with Crippen LogP contribution in [-0.4, -0.2) is 41.6 Å². The number of carbonyl (C=O) groups excluding carboxylic acids is 1. The van der Waals surface area contributed by atoms with Gasteiger partial charge in [0.25, 0.3) is 5.88 Å². The molecule has 1 aromatic rings. The van der Waals surface area contributed by atoms with Crippen LogP contribution in [0.4, 0.5) is 0 Å². The summed E-state index contributed by atoms with van der Waals surface area (Å²) in [4.78, 5) is 29.4. The molecule has 0 fully saturated rings. The standard InChI is InChI=1S/C13H18N4O4/c1-8(16-20-5)9(2)17-21-13-11(6-12(18)19-4)10(3)14-7-15-13/h7H,6H2,1-5H3. The molecule has 114 valence electrons. The number of carbonyl (C=O) groups is 1. The van der Waals surface area contributed by atoms with Gasteiger partial charge < -0.3 is 14.4 Å². The van der Waals surface area contributed by atoms with E-state index in [9.17, 15) is 4.79 Å². The third kappa shape index (κ3) is 4.83. The van der Waals surface area contributed by atoms with E-state index in [0.29, 0.717) is 22.7 Å². The molecule has 1 aromatic heterocycles. The Morgan fingerprint density at radius 3 is 2.48 bits per heavy atom. The van der Waals surface area contributed by atoms with Gasteiger partial charge in [-0.15, -0.1) is 0 Å². The van der Waals surface area contributed by atoms with Crippen molar-refractivity contribution in [1.82, 2.24) is 9.97 Å². The predicted molar refractivity (Wildman–Crippen MR) is 76.3 cm³/mol. The third-order valence-electron chi connectivity index (χ3n) is 2.69. The second-order valence-electron chi connectivity index (χ2n) is 4.12. The normalized spacial score (nSPS) is 12.0. The van der Waals surface area contributed by atoms with E-state index in [2.05, 4.69) is 29.9 Å². The number of aromatic nitrogens is 2. The van der Waals surface area contributed by atoms with E-state index in [1.807, 2.05) is 0 Å². The quantitative estimate of drug-likeness (QED) is 0.445. The maximum Gasteiger partial charge on any atom is 0.310 e. The molecule has 0 aliphatic rings. The van der Waals surface area contributed by atoms with Gasteiger partial charge in [-0.2, -0.15) is 4.98 Å². The van der Waals surface area contributed by atoms with Crippen LogP contribution < -0.4 is 4.84 Å². The van der Waals surface area contributed by atoms with Crippen LogP contribution in [0.15, 0.2) is 16.6 Å². The van der Waals surface area contributed by atoms with Crippen molar-refractivity contribution < 1.29 is 19.2 Å². The molecule has 8 nitrogen and oxygen atoms in total. The highest BCUT2D eigenvalue weighted by molar-refractivity contribution is 6.40. The minimum absolute atomic E-state index is 0.0121. The lowest BCUT2D eigenvalue weighted by Gasteiger charge is -2.08. The van der Waals surface area contributed by atoms with Gasteiger partial charge in [-0.3, -0.25) is 4.79 Å². The summed E-state index contributed by atoms with van der Waals surface area (Å²) in [5.74, 6) is -0.201. The Hall–Kier alpha value is -2.51. The number of aryl methyl sites for hydroxylation is 1. The average molecular weight is 294 g/mol. The summed E-state index contributed by atoms with van der Waals surface area (Å²) in [5.41, 5.74) is 2.25. The smallest absolute Gasteiger partial charge is 0.310 e. The summed E-state index contributed by atoms with van der Waals surface area (Å²) >= 11 is 0. The molecule has 0 aromatic carbocycles. The highest BCUT2D eigenvalue weighted by Gasteiger charge is 2.15. The van der Waals surface area contributed by atoms with Crippen LogP contribution >= 0.6 is 0 Å². The van der Waals surface area contributed by atoms with E-state index < -0.39 is 5.97 Å². The maximum absolute atomic E-state index is 11.4. The fourth-order valence-electron chi connectivity index (χ4n) is 1.36. The average Bonchev–Trinajstić information content (AvgIpc) is 2.47. The molecule has 0 aliphatic heterocycles. The largest absolute Gasteiger partial charge is 0.469 e. The van der Waals surface area contributed by atoms with Crippen LogP contribution in [-0.2, 0) is 20.8 Å². The van der Waals surface area contributed by atoms with E-state index in [-0.39, 0.29) is 12.3 Å². The highest BCUT2D eigenvalue weighted by atomic mass is 16.6. The molecule has 0 radical (unpaired) electrons. The number of rotatable bonds is 6. The molecule has 8 heteroatoms. The van der Waals surface area contributed by atoms with Crippen molar-refractivity contribution in [3.63, 3.8) is 0 Å². The van der Waals surface area contributed by atoms with Crippen LogP contribution in [0.2, 0.25) is 0 Å². The number of oxime groups is 2. The first-order valence-corrected chi connectivity index (χ1v) is 6.16. The molecular formula is C13H18N4O4. The van der Waals surface area contributed by atoms with Gasteiger partial charge in [-0.1, -0.05) is 10.3 Å². The molecule has 1 heterocycles. The summed E-state index contributed by atoms with van der Waals surface area (Å²) in [6.07, 6.45) is 1.35. The zero-order valence-electron chi connectivity index (χ0n) is 12.7. The van der Waals surface area contributed by atoms with Crippen molar-refractivity contribution in [3.8, 4) is 5.88 Å². The van der Waals surface area contributed by atoms with Gasteiger partial charge in [0.15, 0.2) is 0 Å². The summed E-state index contributed by atoms with van der Waals surface area (Å²) in [6, 6.07) is 0. The summed E-state index contributed by atoms with van der Waals surface area (Å²) in [7, 11) is 2.76. The molecular weight excluding hydrogens is 276 g/mol. The Labute approximate surface area is 122 Å². The zero-order valence-corrected chi connectivity index (χ0v) is 12.7. The molecule has 0 spiro atoms. The van der Waals surface area contributed by atoms with E-state index in [1.54, 1.807) is 20.8 Å². The SMILES string of the molecule is CON=C(C)C(C)=NOc1ncnc(C)c1CC(=O)OC. The number of ether oxygens (including phenoxy) is 1. The molecule has 21 heavy (non-hydrogen) atoms. The zero-order chi connectivity index (χ0) is 15.8. The van der Waals surface area contributed by atoms with Gasteiger partial charge in [0, 0.05) is 11.3 Å². The van der Waals surface area contributed by atoms with E-state index in [1.165, 1.54) is 20.5 Å². The van der Waals surface area contributed by atoms with Crippen LogP contribution in [0, 0.1) is 6.92 Å². The minimum atomic E-state index is -0.407. The van der Waals surface area contributed by atoms with Gasteiger partial charge >= 0.3 is 5.97 Å². The van der Waals surface area contributed by atoms with Crippen LogP contribution in [0.25, 0.3) is 0 Å². The molecule has 0 bridgehead atoms. The first-order valence-electron chi connectivity index (χ1n) is 6.16. The molecule has 0 N–H and O–H groups in total. The van der Waals surface area contributed by atoms with Crippen LogP contribution in [0.5, 0.6) is 5.88 Å². The first-order chi connectivity index (χ1) is 9.99.